The Hall–Kier alpha value is -3.40. The fourth-order valence-corrected chi connectivity index (χ4v) is 4.37. The smallest absolute Gasteiger partial charge is 0.145 e. The van der Waals surface area contributed by atoms with Crippen LogP contribution >= 0.6 is 0 Å². The van der Waals surface area contributed by atoms with Gasteiger partial charge in [0.05, 0.1) is 23.3 Å². The first kappa shape index (κ1) is 17.7. The molecule has 3 unspecified atom stereocenters. The van der Waals surface area contributed by atoms with Gasteiger partial charge in [0, 0.05) is 18.0 Å². The van der Waals surface area contributed by atoms with Crippen molar-refractivity contribution in [3.05, 3.63) is 108 Å². The second kappa shape index (κ2) is 7.21. The third-order valence-electron chi connectivity index (χ3n) is 5.79. The minimum Gasteiger partial charge on any atom is -0.375 e. The van der Waals surface area contributed by atoms with Crippen LogP contribution in [0.5, 0.6) is 0 Å². The Balaban J connectivity index is 1.62. The summed E-state index contributed by atoms with van der Waals surface area (Å²) in [5.74, 6) is -0.413. The molecule has 1 aliphatic carbocycles. The maximum absolute atomic E-state index is 13.5. The van der Waals surface area contributed by atoms with E-state index in [-0.39, 0.29) is 29.5 Å². The highest BCUT2D eigenvalue weighted by Gasteiger charge is 2.39. The number of fused-ring (bicyclic) bond motifs is 2. The van der Waals surface area contributed by atoms with Crippen LogP contribution in [0.1, 0.15) is 29.5 Å². The summed E-state index contributed by atoms with van der Waals surface area (Å²) in [5.41, 5.74) is 4.81. The van der Waals surface area contributed by atoms with Crippen LogP contribution in [-0.2, 0) is 4.79 Å². The SMILES string of the molecule is O=C1CC(c2ccccc2)C=C2Nc3ccccc3NC(c3ccc(F)cc3)C12. The third-order valence-corrected chi connectivity index (χ3v) is 5.79. The average Bonchev–Trinajstić information content (AvgIpc) is 2.92. The van der Waals surface area contributed by atoms with E-state index in [4.69, 9.17) is 0 Å². The molecule has 3 aromatic rings. The molecule has 0 amide bonds. The van der Waals surface area contributed by atoms with Gasteiger partial charge in [-0.1, -0.05) is 60.7 Å². The zero-order valence-corrected chi connectivity index (χ0v) is 15.8. The first-order valence-corrected chi connectivity index (χ1v) is 9.86. The van der Waals surface area contributed by atoms with Crippen molar-refractivity contribution in [2.24, 2.45) is 5.92 Å². The lowest BCUT2D eigenvalue weighted by molar-refractivity contribution is -0.122. The molecule has 3 atom stereocenters. The predicted octanol–water partition coefficient (Wildman–Crippen LogP) is 5.66. The van der Waals surface area contributed by atoms with Gasteiger partial charge in [-0.15, -0.1) is 0 Å². The number of benzene rings is 3. The van der Waals surface area contributed by atoms with Crippen LogP contribution in [-0.4, -0.2) is 5.78 Å². The van der Waals surface area contributed by atoms with Gasteiger partial charge in [0.15, 0.2) is 0 Å². The summed E-state index contributed by atoms with van der Waals surface area (Å²) in [6.07, 6.45) is 2.64. The fraction of sp³-hybridized carbons (Fsp3) is 0.160. The maximum atomic E-state index is 13.5. The molecule has 3 aromatic carbocycles. The van der Waals surface area contributed by atoms with Crippen LogP contribution in [0.2, 0.25) is 0 Å². The molecule has 0 fully saturated rings. The van der Waals surface area contributed by atoms with E-state index in [1.807, 2.05) is 42.5 Å². The number of hydrogen-bond donors (Lipinski definition) is 2. The Morgan fingerprint density at radius 3 is 2.24 bits per heavy atom. The van der Waals surface area contributed by atoms with E-state index >= 15 is 0 Å². The number of para-hydroxylation sites is 2. The lowest BCUT2D eigenvalue weighted by Gasteiger charge is -2.32. The van der Waals surface area contributed by atoms with E-state index < -0.39 is 0 Å². The molecule has 144 valence electrons. The molecule has 1 heterocycles. The number of Topliss-reactive ketones (excluding diaryl/α,β-unsaturated/α-hetero) is 1. The van der Waals surface area contributed by atoms with Crippen molar-refractivity contribution in [1.82, 2.24) is 0 Å². The first-order valence-electron chi connectivity index (χ1n) is 9.86. The molecule has 0 aromatic heterocycles. The van der Waals surface area contributed by atoms with Crippen LogP contribution in [0.3, 0.4) is 0 Å². The van der Waals surface area contributed by atoms with Crippen LogP contribution in [0.15, 0.2) is 90.6 Å². The molecule has 3 nitrogen and oxygen atoms in total. The number of carbonyl (C=O) groups is 1. The molecule has 29 heavy (non-hydrogen) atoms. The number of nitrogens with one attached hydrogen (secondary N) is 2. The highest BCUT2D eigenvalue weighted by Crippen LogP contribution is 2.44. The number of anilines is 2. The first-order chi connectivity index (χ1) is 14.2. The Morgan fingerprint density at radius 2 is 1.48 bits per heavy atom. The van der Waals surface area contributed by atoms with Gasteiger partial charge in [0.1, 0.15) is 11.6 Å². The molecule has 5 rings (SSSR count). The molecule has 1 aliphatic heterocycles. The Morgan fingerprint density at radius 1 is 0.793 bits per heavy atom. The van der Waals surface area contributed by atoms with Gasteiger partial charge >= 0.3 is 0 Å². The van der Waals surface area contributed by atoms with Crippen molar-refractivity contribution in [2.45, 2.75) is 18.4 Å². The molecule has 4 heteroatoms. The fourth-order valence-electron chi connectivity index (χ4n) is 4.37. The molecular weight excluding hydrogens is 363 g/mol. The van der Waals surface area contributed by atoms with E-state index in [9.17, 15) is 9.18 Å². The van der Waals surface area contributed by atoms with Gasteiger partial charge in [0.25, 0.3) is 0 Å². The van der Waals surface area contributed by atoms with E-state index in [1.165, 1.54) is 12.1 Å². The van der Waals surface area contributed by atoms with Gasteiger partial charge in [0.2, 0.25) is 0 Å². The molecule has 0 spiro atoms. The Bertz CT molecular complexity index is 1080. The molecule has 0 radical (unpaired) electrons. The number of halogens is 1. The van der Waals surface area contributed by atoms with Crippen molar-refractivity contribution in [3.63, 3.8) is 0 Å². The van der Waals surface area contributed by atoms with Gasteiger partial charge in [-0.2, -0.15) is 0 Å². The summed E-state index contributed by atoms with van der Waals surface area (Å²) in [7, 11) is 0. The minimum absolute atomic E-state index is 0.0431. The van der Waals surface area contributed by atoms with Crippen LogP contribution in [0.25, 0.3) is 0 Å². The molecule has 0 bridgehead atoms. The monoisotopic (exact) mass is 384 g/mol. The normalized spacial score (nSPS) is 23.0. The largest absolute Gasteiger partial charge is 0.375 e. The summed E-state index contributed by atoms with van der Waals surface area (Å²) >= 11 is 0. The highest BCUT2D eigenvalue weighted by molar-refractivity contribution is 5.90. The van der Waals surface area contributed by atoms with Gasteiger partial charge in [-0.25, -0.2) is 4.39 Å². The zero-order chi connectivity index (χ0) is 19.8. The molecular formula is C25H21FN2O. The van der Waals surface area contributed by atoms with Gasteiger partial charge in [-0.3, -0.25) is 4.79 Å². The summed E-state index contributed by atoms with van der Waals surface area (Å²) < 4.78 is 13.5. The van der Waals surface area contributed by atoms with E-state index in [2.05, 4.69) is 28.8 Å². The minimum atomic E-state index is -0.354. The van der Waals surface area contributed by atoms with E-state index in [1.54, 1.807) is 12.1 Å². The van der Waals surface area contributed by atoms with E-state index in [0.717, 1.165) is 28.2 Å². The zero-order valence-electron chi connectivity index (χ0n) is 15.8. The van der Waals surface area contributed by atoms with E-state index in [0.29, 0.717) is 6.42 Å². The summed E-state index contributed by atoms with van der Waals surface area (Å²) in [6.45, 7) is 0. The lowest BCUT2D eigenvalue weighted by Crippen LogP contribution is -2.33. The summed E-state index contributed by atoms with van der Waals surface area (Å²) in [4.78, 5) is 13.4. The van der Waals surface area contributed by atoms with Crippen molar-refractivity contribution in [2.75, 3.05) is 10.6 Å². The molecule has 2 aliphatic rings. The highest BCUT2D eigenvalue weighted by atomic mass is 19.1. The van der Waals surface area contributed by atoms with Crippen molar-refractivity contribution >= 4 is 17.2 Å². The summed E-state index contributed by atoms with van der Waals surface area (Å²) in [6, 6.07) is 24.2. The number of rotatable bonds is 2. The number of ketones is 1. The van der Waals surface area contributed by atoms with Gasteiger partial charge < -0.3 is 10.6 Å². The second-order valence-corrected chi connectivity index (χ2v) is 7.63. The number of carbonyl (C=O) groups excluding carboxylic acids is 1. The average molecular weight is 384 g/mol. The summed E-state index contributed by atoms with van der Waals surface area (Å²) in [5, 5.41) is 7.04. The predicted molar refractivity (Wildman–Crippen MR) is 113 cm³/mol. The molecule has 0 saturated carbocycles. The van der Waals surface area contributed by atoms with Crippen molar-refractivity contribution in [3.8, 4) is 0 Å². The van der Waals surface area contributed by atoms with Crippen LogP contribution < -0.4 is 10.6 Å². The Kier molecular flexibility index (Phi) is 4.39. The number of hydrogen-bond acceptors (Lipinski definition) is 3. The lowest BCUT2D eigenvalue weighted by atomic mass is 9.76. The quantitative estimate of drug-likeness (QED) is 0.599. The molecule has 2 N–H and O–H groups in total. The topological polar surface area (TPSA) is 41.1 Å². The third kappa shape index (κ3) is 3.31. The Labute approximate surface area is 169 Å². The maximum Gasteiger partial charge on any atom is 0.145 e. The number of allylic oxidation sites excluding steroid dienone is 1. The molecule has 0 saturated heterocycles. The van der Waals surface area contributed by atoms with Gasteiger partial charge in [-0.05, 0) is 35.4 Å². The van der Waals surface area contributed by atoms with Crippen molar-refractivity contribution in [1.29, 1.82) is 0 Å². The van der Waals surface area contributed by atoms with Crippen molar-refractivity contribution < 1.29 is 9.18 Å². The standard InChI is InChI=1S/C25H21FN2O/c26-19-12-10-17(11-13-19)25-24-22(27-20-8-4-5-9-21(20)28-25)14-18(15-23(24)29)16-6-2-1-3-7-16/h1-14,18,24-25,27-28H,15H2. The second-order valence-electron chi connectivity index (χ2n) is 7.63. The van der Waals surface area contributed by atoms with Crippen LogP contribution in [0.4, 0.5) is 15.8 Å². The van der Waals surface area contributed by atoms with Crippen LogP contribution in [0, 0.1) is 11.7 Å².